The molecule has 0 radical (unpaired) electrons. The lowest BCUT2D eigenvalue weighted by Gasteiger charge is -2.12. The predicted octanol–water partition coefficient (Wildman–Crippen LogP) is 4.78. The number of halogens is 1. The molecule has 1 unspecified atom stereocenters. The van der Waals surface area contributed by atoms with Crippen LogP contribution in [0.5, 0.6) is 0 Å². The number of fused-ring (bicyclic) bond motifs is 1. The van der Waals surface area contributed by atoms with Gasteiger partial charge in [0.1, 0.15) is 27.0 Å². The van der Waals surface area contributed by atoms with E-state index >= 15 is 0 Å². The van der Waals surface area contributed by atoms with Gasteiger partial charge in [-0.2, -0.15) is 0 Å². The summed E-state index contributed by atoms with van der Waals surface area (Å²) in [6.07, 6.45) is 1.46. The van der Waals surface area contributed by atoms with Gasteiger partial charge in [0.25, 0.3) is 5.91 Å². The van der Waals surface area contributed by atoms with E-state index in [1.807, 2.05) is 5.38 Å². The van der Waals surface area contributed by atoms with Crippen molar-refractivity contribution >= 4 is 61.5 Å². The molecule has 1 aromatic carbocycles. The molecule has 0 spiro atoms. The normalized spacial score (nSPS) is 12.1. The number of nitrogens with two attached hydrogens (primary N) is 1. The van der Waals surface area contributed by atoms with Crippen LogP contribution < -0.4 is 11.1 Å². The number of carbonyl (C=O) groups is 2. The number of hydrogen-bond acceptors (Lipinski definition) is 7. The van der Waals surface area contributed by atoms with E-state index in [2.05, 4.69) is 15.3 Å². The van der Waals surface area contributed by atoms with Crippen molar-refractivity contribution in [1.82, 2.24) is 9.97 Å². The number of primary amides is 1. The summed E-state index contributed by atoms with van der Waals surface area (Å²) < 4.78 is 13.3. The molecule has 0 saturated heterocycles. The van der Waals surface area contributed by atoms with Crippen LogP contribution in [-0.4, -0.2) is 27.0 Å². The Balaban J connectivity index is 1.61. The molecule has 152 valence electrons. The van der Waals surface area contributed by atoms with Crippen LogP contribution in [0, 0.1) is 5.82 Å². The summed E-state index contributed by atoms with van der Waals surface area (Å²) in [6, 6.07) is 7.80. The average molecular weight is 459 g/mol. The van der Waals surface area contributed by atoms with Crippen LogP contribution in [0.4, 0.5) is 9.39 Å². The molecule has 4 aromatic rings. The third kappa shape index (κ3) is 4.07. The summed E-state index contributed by atoms with van der Waals surface area (Å²) in [5.41, 5.74) is 7.36. The Kier molecular flexibility index (Phi) is 5.80. The van der Waals surface area contributed by atoms with Gasteiger partial charge in [0.2, 0.25) is 5.91 Å². The lowest BCUT2D eigenvalue weighted by Crippen LogP contribution is -2.23. The third-order valence-corrected chi connectivity index (χ3v) is 7.13. The number of hydrogen-bond donors (Lipinski definition) is 2. The van der Waals surface area contributed by atoms with Gasteiger partial charge in [-0.05, 0) is 36.1 Å². The molecule has 6 nitrogen and oxygen atoms in total. The average Bonchev–Trinajstić information content (AvgIpc) is 3.36. The van der Waals surface area contributed by atoms with Gasteiger partial charge in [0.05, 0.1) is 16.2 Å². The molecule has 0 aliphatic heterocycles. The molecule has 0 bridgehead atoms. The summed E-state index contributed by atoms with van der Waals surface area (Å²) in [5, 5.41) is 7.82. The molecule has 3 heterocycles. The van der Waals surface area contributed by atoms with Crippen molar-refractivity contribution in [2.45, 2.75) is 17.2 Å². The van der Waals surface area contributed by atoms with Crippen LogP contribution >= 0.6 is 34.4 Å². The van der Waals surface area contributed by atoms with E-state index in [0.717, 1.165) is 21.3 Å². The van der Waals surface area contributed by atoms with Gasteiger partial charge in [-0.25, -0.2) is 14.4 Å². The molecule has 0 saturated carbocycles. The first-order valence-corrected chi connectivity index (χ1v) is 11.4. The van der Waals surface area contributed by atoms with Crippen molar-refractivity contribution in [2.75, 3.05) is 5.32 Å². The zero-order chi connectivity index (χ0) is 21.3. The maximum absolute atomic E-state index is 13.3. The number of thiophene rings is 2. The molecule has 0 aliphatic carbocycles. The van der Waals surface area contributed by atoms with E-state index < -0.39 is 11.2 Å². The maximum atomic E-state index is 13.3. The van der Waals surface area contributed by atoms with E-state index in [1.54, 1.807) is 30.5 Å². The second-order valence-corrected chi connectivity index (χ2v) is 9.40. The van der Waals surface area contributed by atoms with Crippen LogP contribution in [0.3, 0.4) is 0 Å². The Hall–Kier alpha value is -2.82. The van der Waals surface area contributed by atoms with Gasteiger partial charge in [-0.1, -0.05) is 23.9 Å². The number of aromatic nitrogens is 2. The second kappa shape index (κ2) is 8.50. The Morgan fingerprint density at radius 3 is 2.67 bits per heavy atom. The first kappa shape index (κ1) is 20.5. The number of carbonyl (C=O) groups excluding carboxylic acids is 2. The van der Waals surface area contributed by atoms with Crippen molar-refractivity contribution in [3.63, 3.8) is 0 Å². The fraction of sp³-hybridized carbons (Fsp3) is 0.100. The van der Waals surface area contributed by atoms with Gasteiger partial charge >= 0.3 is 0 Å². The monoisotopic (exact) mass is 458 g/mol. The number of thioether (sulfide) groups is 1. The molecule has 30 heavy (non-hydrogen) atoms. The van der Waals surface area contributed by atoms with Crippen LogP contribution in [0.2, 0.25) is 0 Å². The largest absolute Gasteiger partial charge is 0.366 e. The van der Waals surface area contributed by atoms with Crippen LogP contribution in [0.1, 0.15) is 17.3 Å². The van der Waals surface area contributed by atoms with Gasteiger partial charge < -0.3 is 11.1 Å². The van der Waals surface area contributed by atoms with E-state index in [-0.39, 0.29) is 17.3 Å². The molecule has 3 N–H and O–H groups in total. The highest BCUT2D eigenvalue weighted by atomic mass is 32.2. The zero-order valence-electron chi connectivity index (χ0n) is 15.6. The topological polar surface area (TPSA) is 98.0 Å². The number of nitrogens with one attached hydrogen (secondary N) is 1. The second-order valence-electron chi connectivity index (χ2n) is 6.29. The maximum Gasteiger partial charge on any atom is 0.251 e. The highest BCUT2D eigenvalue weighted by Crippen LogP contribution is 2.39. The fourth-order valence-electron chi connectivity index (χ4n) is 2.81. The van der Waals surface area contributed by atoms with Crippen molar-refractivity contribution in [2.24, 2.45) is 5.73 Å². The highest BCUT2D eigenvalue weighted by Gasteiger charge is 2.21. The Morgan fingerprint density at radius 2 is 1.93 bits per heavy atom. The van der Waals surface area contributed by atoms with Crippen molar-refractivity contribution in [1.29, 1.82) is 0 Å². The quantitative estimate of drug-likeness (QED) is 0.320. The Bertz CT molecular complexity index is 1240. The molecule has 2 amide bonds. The minimum atomic E-state index is -0.591. The molecule has 0 fully saturated rings. The summed E-state index contributed by atoms with van der Waals surface area (Å²) >= 11 is 3.99. The Labute approximate surface area is 183 Å². The predicted molar refractivity (Wildman–Crippen MR) is 120 cm³/mol. The highest BCUT2D eigenvalue weighted by molar-refractivity contribution is 8.00. The number of rotatable bonds is 6. The van der Waals surface area contributed by atoms with Crippen molar-refractivity contribution in [3.05, 3.63) is 58.8 Å². The molecule has 0 aliphatic rings. The molecular formula is C20H15FN4O2S3. The van der Waals surface area contributed by atoms with Gasteiger partial charge in [-0.3, -0.25) is 9.59 Å². The summed E-state index contributed by atoms with van der Waals surface area (Å²) in [6.45, 7) is 1.76. The smallest absolute Gasteiger partial charge is 0.251 e. The first-order chi connectivity index (χ1) is 14.4. The minimum absolute atomic E-state index is 0.268. The van der Waals surface area contributed by atoms with E-state index in [1.165, 1.54) is 52.9 Å². The van der Waals surface area contributed by atoms with Gasteiger partial charge in [0.15, 0.2) is 0 Å². The number of nitrogens with zero attached hydrogens (tertiary/aromatic N) is 2. The van der Waals surface area contributed by atoms with E-state index in [4.69, 9.17) is 5.73 Å². The van der Waals surface area contributed by atoms with E-state index in [0.29, 0.717) is 10.0 Å². The molecule has 3 aromatic heterocycles. The van der Waals surface area contributed by atoms with E-state index in [9.17, 15) is 14.0 Å². The Morgan fingerprint density at radius 1 is 1.17 bits per heavy atom. The molecule has 4 rings (SSSR count). The fourth-order valence-corrected chi connectivity index (χ4v) is 5.52. The standard InChI is InChI=1S/C20H15FN4O2S3/c1-10(17(27)25-18-13(16(22)26)6-7-28-18)30-20-15-14(8-29-19(15)23-9-24-20)11-2-4-12(21)5-3-11/h2-10H,1H3,(H2,22,26)(H,25,27). The molecule has 10 heteroatoms. The molecule has 1 atom stereocenters. The number of amides is 2. The van der Waals surface area contributed by atoms with Crippen molar-refractivity contribution in [3.8, 4) is 11.1 Å². The van der Waals surface area contributed by atoms with Crippen LogP contribution in [0.25, 0.3) is 21.3 Å². The third-order valence-electron chi connectivity index (χ3n) is 4.32. The van der Waals surface area contributed by atoms with Crippen molar-refractivity contribution < 1.29 is 14.0 Å². The minimum Gasteiger partial charge on any atom is -0.366 e. The lowest BCUT2D eigenvalue weighted by molar-refractivity contribution is -0.115. The van der Waals surface area contributed by atoms with Gasteiger partial charge in [-0.15, -0.1) is 22.7 Å². The van der Waals surface area contributed by atoms with Crippen LogP contribution in [-0.2, 0) is 4.79 Å². The lowest BCUT2D eigenvalue weighted by atomic mass is 10.1. The summed E-state index contributed by atoms with van der Waals surface area (Å²) in [5.74, 6) is -1.17. The summed E-state index contributed by atoms with van der Waals surface area (Å²) in [4.78, 5) is 33.7. The first-order valence-electron chi connectivity index (χ1n) is 8.77. The summed E-state index contributed by atoms with van der Waals surface area (Å²) in [7, 11) is 0. The van der Waals surface area contributed by atoms with Gasteiger partial charge in [0, 0.05) is 10.9 Å². The zero-order valence-corrected chi connectivity index (χ0v) is 18.0. The van der Waals surface area contributed by atoms with Crippen LogP contribution in [0.15, 0.2) is 52.4 Å². The SMILES string of the molecule is CC(Sc1ncnc2scc(-c3ccc(F)cc3)c12)C(=O)Nc1sccc1C(N)=O. The number of anilines is 1. The number of benzene rings is 1. The molecular weight excluding hydrogens is 443 g/mol.